The van der Waals surface area contributed by atoms with E-state index < -0.39 is 0 Å². The molecule has 0 saturated carbocycles. The summed E-state index contributed by atoms with van der Waals surface area (Å²) < 4.78 is 5.26. The molecule has 0 aliphatic heterocycles. The van der Waals surface area contributed by atoms with E-state index in [2.05, 4.69) is 60.4 Å². The van der Waals surface area contributed by atoms with E-state index in [0.717, 1.165) is 61.3 Å². The Labute approximate surface area is 183 Å². The zero-order valence-electron chi connectivity index (χ0n) is 17.6. The number of anilines is 1. The minimum atomic E-state index is 0.868. The van der Waals surface area contributed by atoms with Crippen molar-refractivity contribution < 1.29 is 4.42 Å². The molecule has 32 heavy (non-hydrogen) atoms. The lowest BCUT2D eigenvalue weighted by atomic mass is 10.0. The number of pyridine rings is 2. The van der Waals surface area contributed by atoms with Gasteiger partial charge in [0.15, 0.2) is 0 Å². The van der Waals surface area contributed by atoms with Crippen molar-refractivity contribution in [3.63, 3.8) is 0 Å². The van der Waals surface area contributed by atoms with Crippen LogP contribution < -0.4 is 4.90 Å². The average molecular weight is 420 g/mol. The third-order valence-electron chi connectivity index (χ3n) is 5.73. The van der Waals surface area contributed by atoms with Gasteiger partial charge in [0.1, 0.15) is 5.69 Å². The number of aromatic nitrogens is 5. The van der Waals surface area contributed by atoms with E-state index in [1.807, 2.05) is 38.6 Å². The van der Waals surface area contributed by atoms with E-state index >= 15 is 0 Å². The van der Waals surface area contributed by atoms with Gasteiger partial charge in [-0.2, -0.15) is 5.10 Å². The summed E-state index contributed by atoms with van der Waals surface area (Å²) in [6, 6.07) is 14.4. The standard InChI is InChI=1S/C25H20N6O/c1-31(2)18-9-17(12-26-13-18)15-3-4-22-19(10-15)25(30-29-22)23-11-20-21(28-23)5-7-27-24(20)16-6-8-32-14-16/h3-14,28H,1-2H3,(H,29,30). The zero-order chi connectivity index (χ0) is 21.7. The monoisotopic (exact) mass is 420 g/mol. The first kappa shape index (κ1) is 18.4. The van der Waals surface area contributed by atoms with Crippen molar-refractivity contribution in [2.45, 2.75) is 0 Å². The topological polar surface area (TPSA) is 86.6 Å². The van der Waals surface area contributed by atoms with Crippen LogP contribution in [0.4, 0.5) is 5.69 Å². The summed E-state index contributed by atoms with van der Waals surface area (Å²) >= 11 is 0. The Morgan fingerprint density at radius 1 is 0.844 bits per heavy atom. The van der Waals surface area contributed by atoms with Crippen molar-refractivity contribution in [3.8, 4) is 33.8 Å². The Morgan fingerprint density at radius 3 is 2.59 bits per heavy atom. The lowest BCUT2D eigenvalue weighted by molar-refractivity contribution is 0.568. The van der Waals surface area contributed by atoms with Crippen LogP contribution in [0.3, 0.4) is 0 Å². The highest BCUT2D eigenvalue weighted by atomic mass is 16.3. The second-order valence-corrected chi connectivity index (χ2v) is 7.97. The van der Waals surface area contributed by atoms with Crippen molar-refractivity contribution in [2.75, 3.05) is 19.0 Å². The van der Waals surface area contributed by atoms with Crippen molar-refractivity contribution >= 4 is 27.5 Å². The molecule has 156 valence electrons. The van der Waals surface area contributed by atoms with Gasteiger partial charge in [0.2, 0.25) is 0 Å². The number of H-pyrrole nitrogens is 2. The van der Waals surface area contributed by atoms with Gasteiger partial charge >= 0.3 is 0 Å². The maximum Gasteiger partial charge on any atom is 0.116 e. The normalized spacial score (nSPS) is 11.4. The van der Waals surface area contributed by atoms with Gasteiger partial charge in [0.05, 0.1) is 41.3 Å². The van der Waals surface area contributed by atoms with Crippen LogP contribution in [0, 0.1) is 0 Å². The van der Waals surface area contributed by atoms with Gasteiger partial charge in [-0.3, -0.25) is 15.1 Å². The Kier molecular flexibility index (Phi) is 4.07. The minimum Gasteiger partial charge on any atom is -0.472 e. The predicted octanol–water partition coefficient (Wildman–Crippen LogP) is 5.49. The van der Waals surface area contributed by atoms with Crippen LogP contribution in [0.15, 0.2) is 78.0 Å². The van der Waals surface area contributed by atoms with Crippen LogP contribution in [0.2, 0.25) is 0 Å². The number of benzene rings is 1. The van der Waals surface area contributed by atoms with Crippen LogP contribution in [0.5, 0.6) is 0 Å². The fourth-order valence-electron chi connectivity index (χ4n) is 4.04. The van der Waals surface area contributed by atoms with Gasteiger partial charge in [-0.1, -0.05) is 6.07 Å². The van der Waals surface area contributed by atoms with E-state index in [1.165, 1.54) is 0 Å². The Balaban J connectivity index is 1.49. The smallest absolute Gasteiger partial charge is 0.116 e. The first-order valence-corrected chi connectivity index (χ1v) is 10.3. The molecule has 1 aromatic carbocycles. The highest BCUT2D eigenvalue weighted by Crippen LogP contribution is 2.34. The van der Waals surface area contributed by atoms with Gasteiger partial charge < -0.3 is 14.3 Å². The molecule has 5 aromatic heterocycles. The molecular formula is C25H20N6O. The number of nitrogens with one attached hydrogen (secondary N) is 2. The molecule has 0 radical (unpaired) electrons. The summed E-state index contributed by atoms with van der Waals surface area (Å²) in [5, 5.41) is 9.84. The predicted molar refractivity (Wildman–Crippen MR) is 126 cm³/mol. The Morgan fingerprint density at radius 2 is 1.75 bits per heavy atom. The molecule has 0 aliphatic rings. The molecule has 0 aliphatic carbocycles. The van der Waals surface area contributed by atoms with Gasteiger partial charge in [-0.05, 0) is 42.0 Å². The van der Waals surface area contributed by atoms with Crippen molar-refractivity contribution in [3.05, 3.63) is 73.6 Å². The van der Waals surface area contributed by atoms with E-state index in [-0.39, 0.29) is 0 Å². The molecule has 0 bridgehead atoms. The minimum absolute atomic E-state index is 0.868. The molecule has 6 rings (SSSR count). The first-order valence-electron chi connectivity index (χ1n) is 10.3. The number of rotatable bonds is 4. The molecule has 0 unspecified atom stereocenters. The average Bonchev–Trinajstić information content (AvgIpc) is 3.57. The number of furan rings is 1. The summed E-state index contributed by atoms with van der Waals surface area (Å²) in [6.45, 7) is 0. The Hall–Kier alpha value is -4.39. The number of nitrogens with zero attached hydrogens (tertiary/aromatic N) is 4. The molecular weight excluding hydrogens is 400 g/mol. The summed E-state index contributed by atoms with van der Waals surface area (Å²) in [7, 11) is 4.03. The third-order valence-corrected chi connectivity index (χ3v) is 5.73. The highest BCUT2D eigenvalue weighted by Gasteiger charge is 2.15. The molecule has 0 atom stereocenters. The zero-order valence-corrected chi connectivity index (χ0v) is 17.6. The van der Waals surface area contributed by atoms with Crippen molar-refractivity contribution in [1.29, 1.82) is 0 Å². The molecule has 0 amide bonds. The van der Waals surface area contributed by atoms with E-state index in [4.69, 9.17) is 4.42 Å². The van der Waals surface area contributed by atoms with E-state index in [9.17, 15) is 0 Å². The molecule has 7 nitrogen and oxygen atoms in total. The van der Waals surface area contributed by atoms with Crippen molar-refractivity contribution in [2.24, 2.45) is 0 Å². The van der Waals surface area contributed by atoms with Crippen LogP contribution in [-0.4, -0.2) is 39.2 Å². The summed E-state index contributed by atoms with van der Waals surface area (Å²) in [4.78, 5) is 14.5. The van der Waals surface area contributed by atoms with E-state index in [1.54, 1.807) is 18.7 Å². The number of hydrogen-bond donors (Lipinski definition) is 2. The Bertz CT molecular complexity index is 1560. The molecule has 2 N–H and O–H groups in total. The van der Waals surface area contributed by atoms with Gasteiger partial charge in [-0.25, -0.2) is 0 Å². The fraction of sp³-hybridized carbons (Fsp3) is 0.0800. The maximum atomic E-state index is 5.26. The third kappa shape index (κ3) is 2.94. The lowest BCUT2D eigenvalue weighted by Crippen LogP contribution is -2.08. The largest absolute Gasteiger partial charge is 0.472 e. The maximum absolute atomic E-state index is 5.26. The van der Waals surface area contributed by atoms with Gasteiger partial charge in [0, 0.05) is 53.9 Å². The summed E-state index contributed by atoms with van der Waals surface area (Å²) in [5.41, 5.74) is 8.82. The number of hydrogen-bond acceptors (Lipinski definition) is 5. The number of fused-ring (bicyclic) bond motifs is 2. The van der Waals surface area contributed by atoms with Gasteiger partial charge in [0.25, 0.3) is 0 Å². The second kappa shape index (κ2) is 7.09. The summed E-state index contributed by atoms with van der Waals surface area (Å²) in [6.07, 6.45) is 8.92. The molecule has 7 heteroatoms. The van der Waals surface area contributed by atoms with Gasteiger partial charge in [-0.15, -0.1) is 0 Å². The second-order valence-electron chi connectivity index (χ2n) is 7.97. The van der Waals surface area contributed by atoms with Crippen molar-refractivity contribution in [1.82, 2.24) is 25.1 Å². The number of aromatic amines is 2. The highest BCUT2D eigenvalue weighted by molar-refractivity contribution is 6.00. The van der Waals surface area contributed by atoms with Crippen LogP contribution in [0.1, 0.15) is 0 Å². The summed E-state index contributed by atoms with van der Waals surface area (Å²) in [5.74, 6) is 0. The molecule has 0 saturated heterocycles. The first-order chi connectivity index (χ1) is 15.7. The quantitative estimate of drug-likeness (QED) is 0.394. The van der Waals surface area contributed by atoms with Crippen LogP contribution in [0.25, 0.3) is 55.6 Å². The molecule has 6 aromatic rings. The van der Waals surface area contributed by atoms with Crippen LogP contribution in [-0.2, 0) is 0 Å². The molecule has 5 heterocycles. The molecule has 0 spiro atoms. The molecule has 0 fully saturated rings. The van der Waals surface area contributed by atoms with Crippen LogP contribution >= 0.6 is 0 Å². The van der Waals surface area contributed by atoms with E-state index in [0.29, 0.717) is 0 Å². The SMILES string of the molecule is CN(C)c1cncc(-c2ccc3[nH]nc(-c4cc5c(-c6ccoc6)nccc5[nH]4)c3c2)c1. The lowest BCUT2D eigenvalue weighted by Gasteiger charge is -2.13. The fourth-order valence-corrected chi connectivity index (χ4v) is 4.04.